The summed E-state index contributed by atoms with van der Waals surface area (Å²) in [6.07, 6.45) is 3.67. The Bertz CT molecular complexity index is 692. The maximum atomic E-state index is 12.4. The summed E-state index contributed by atoms with van der Waals surface area (Å²) in [5.74, 6) is 0.557. The Morgan fingerprint density at radius 3 is 2.90 bits per heavy atom. The molecule has 2 heterocycles. The summed E-state index contributed by atoms with van der Waals surface area (Å²) < 4.78 is 5.63. The van der Waals surface area contributed by atoms with Crippen LogP contribution in [0.4, 0.5) is 0 Å². The number of halogens is 1. The molecule has 1 unspecified atom stereocenters. The van der Waals surface area contributed by atoms with Crippen molar-refractivity contribution in [1.82, 2.24) is 4.90 Å². The van der Waals surface area contributed by atoms with E-state index < -0.39 is 0 Å². The van der Waals surface area contributed by atoms with Crippen LogP contribution in [0.25, 0.3) is 11.3 Å². The van der Waals surface area contributed by atoms with Gasteiger partial charge in [-0.3, -0.25) is 4.79 Å². The maximum absolute atomic E-state index is 12.4. The molecule has 0 spiro atoms. The number of carbonyl (C=O) groups is 1. The van der Waals surface area contributed by atoms with Gasteiger partial charge in [-0.15, -0.1) is 0 Å². The summed E-state index contributed by atoms with van der Waals surface area (Å²) in [5.41, 5.74) is 0.747. The van der Waals surface area contributed by atoms with E-state index in [4.69, 9.17) is 16.0 Å². The Labute approximate surface area is 127 Å². The van der Waals surface area contributed by atoms with Crippen molar-refractivity contribution in [2.45, 2.75) is 6.04 Å². The molecule has 0 saturated heterocycles. The minimum Gasteiger partial charge on any atom is -0.451 e. The molecular formula is C16H14ClNO3. The maximum Gasteiger partial charge on any atom is 0.290 e. The minimum atomic E-state index is -0.286. The first-order valence-corrected chi connectivity index (χ1v) is 7.01. The van der Waals surface area contributed by atoms with Crippen molar-refractivity contribution in [1.29, 1.82) is 0 Å². The molecule has 21 heavy (non-hydrogen) atoms. The topological polar surface area (TPSA) is 53.7 Å². The molecular weight excluding hydrogens is 290 g/mol. The van der Waals surface area contributed by atoms with E-state index in [9.17, 15) is 9.90 Å². The fourth-order valence-corrected chi connectivity index (χ4v) is 2.59. The Kier molecular flexibility index (Phi) is 3.82. The zero-order chi connectivity index (χ0) is 14.8. The Balaban J connectivity index is 1.85. The lowest BCUT2D eigenvalue weighted by atomic mass is 10.2. The van der Waals surface area contributed by atoms with Gasteiger partial charge in [-0.2, -0.15) is 0 Å². The standard InChI is InChI=1S/C16H14ClNO3/c17-13-6-2-1-5-12(13)14-7-8-15(21-14)16(20)18-9-3-4-11(18)10-19/h1-8,11,19H,9-10H2. The van der Waals surface area contributed by atoms with Crippen molar-refractivity contribution in [2.24, 2.45) is 0 Å². The van der Waals surface area contributed by atoms with Gasteiger partial charge in [-0.05, 0) is 24.3 Å². The summed E-state index contributed by atoms with van der Waals surface area (Å²) in [6, 6.07) is 10.4. The van der Waals surface area contributed by atoms with E-state index in [0.29, 0.717) is 17.3 Å². The fraction of sp³-hybridized carbons (Fsp3) is 0.188. The van der Waals surface area contributed by atoms with Gasteiger partial charge in [0.05, 0.1) is 17.7 Å². The van der Waals surface area contributed by atoms with Gasteiger partial charge < -0.3 is 14.4 Å². The molecule has 108 valence electrons. The number of hydrogen-bond acceptors (Lipinski definition) is 3. The third kappa shape index (κ3) is 2.60. The molecule has 1 aliphatic heterocycles. The molecule has 1 amide bonds. The fourth-order valence-electron chi connectivity index (χ4n) is 2.36. The van der Waals surface area contributed by atoms with Crippen molar-refractivity contribution in [3.8, 4) is 11.3 Å². The van der Waals surface area contributed by atoms with Crippen LogP contribution in [-0.4, -0.2) is 35.1 Å². The van der Waals surface area contributed by atoms with Crippen molar-refractivity contribution in [3.05, 3.63) is 59.3 Å². The number of aliphatic hydroxyl groups excluding tert-OH is 1. The number of rotatable bonds is 3. The predicted molar refractivity (Wildman–Crippen MR) is 80.2 cm³/mol. The summed E-state index contributed by atoms with van der Waals surface area (Å²) >= 11 is 6.12. The molecule has 1 aliphatic rings. The van der Waals surface area contributed by atoms with Crippen LogP contribution in [0.5, 0.6) is 0 Å². The van der Waals surface area contributed by atoms with Gasteiger partial charge in [0.25, 0.3) is 5.91 Å². The molecule has 1 atom stereocenters. The predicted octanol–water partition coefficient (Wildman–Crippen LogP) is 2.97. The molecule has 2 aromatic rings. The van der Waals surface area contributed by atoms with Crippen LogP contribution in [0.1, 0.15) is 10.6 Å². The quantitative estimate of drug-likeness (QED) is 0.887. The first-order valence-electron chi connectivity index (χ1n) is 6.64. The van der Waals surface area contributed by atoms with Gasteiger partial charge in [0.1, 0.15) is 5.76 Å². The lowest BCUT2D eigenvalue weighted by molar-refractivity contribution is 0.0669. The van der Waals surface area contributed by atoms with E-state index in [2.05, 4.69) is 0 Å². The van der Waals surface area contributed by atoms with Crippen molar-refractivity contribution in [3.63, 3.8) is 0 Å². The van der Waals surface area contributed by atoms with Crippen LogP contribution in [0.15, 0.2) is 53.0 Å². The first-order chi connectivity index (χ1) is 10.2. The molecule has 1 aromatic heterocycles. The van der Waals surface area contributed by atoms with E-state index in [1.807, 2.05) is 30.4 Å². The lowest BCUT2D eigenvalue weighted by Crippen LogP contribution is -2.37. The van der Waals surface area contributed by atoms with Gasteiger partial charge in [-0.25, -0.2) is 0 Å². The van der Waals surface area contributed by atoms with Gasteiger partial charge >= 0.3 is 0 Å². The number of hydrogen-bond donors (Lipinski definition) is 1. The highest BCUT2D eigenvalue weighted by Gasteiger charge is 2.27. The largest absolute Gasteiger partial charge is 0.451 e. The lowest BCUT2D eigenvalue weighted by Gasteiger charge is -2.21. The first kappa shape index (κ1) is 13.9. The average Bonchev–Trinajstić information content (AvgIpc) is 3.16. The smallest absolute Gasteiger partial charge is 0.290 e. The highest BCUT2D eigenvalue weighted by atomic mass is 35.5. The third-order valence-electron chi connectivity index (χ3n) is 3.46. The van der Waals surface area contributed by atoms with E-state index in [1.165, 1.54) is 0 Å². The second-order valence-electron chi connectivity index (χ2n) is 4.78. The molecule has 3 rings (SSSR count). The van der Waals surface area contributed by atoms with Crippen LogP contribution in [0, 0.1) is 0 Å². The number of aliphatic hydroxyl groups is 1. The highest BCUT2D eigenvalue weighted by molar-refractivity contribution is 6.33. The zero-order valence-electron chi connectivity index (χ0n) is 11.2. The van der Waals surface area contributed by atoms with Crippen molar-refractivity contribution < 1.29 is 14.3 Å². The molecule has 0 bridgehead atoms. The normalized spacial score (nSPS) is 17.4. The van der Waals surface area contributed by atoms with Gasteiger partial charge in [0, 0.05) is 12.1 Å². The molecule has 5 heteroatoms. The molecule has 1 N–H and O–H groups in total. The summed E-state index contributed by atoms with van der Waals surface area (Å²) in [7, 11) is 0. The Morgan fingerprint density at radius 1 is 1.33 bits per heavy atom. The van der Waals surface area contributed by atoms with Gasteiger partial charge in [0.2, 0.25) is 0 Å². The Morgan fingerprint density at radius 2 is 2.14 bits per heavy atom. The average molecular weight is 304 g/mol. The van der Waals surface area contributed by atoms with Gasteiger partial charge in [-0.1, -0.05) is 35.9 Å². The number of amides is 1. The number of benzene rings is 1. The molecule has 0 saturated carbocycles. The third-order valence-corrected chi connectivity index (χ3v) is 3.79. The molecule has 0 fully saturated rings. The number of nitrogens with zero attached hydrogens (tertiary/aromatic N) is 1. The molecule has 4 nitrogen and oxygen atoms in total. The highest BCUT2D eigenvalue weighted by Crippen LogP contribution is 2.29. The summed E-state index contributed by atoms with van der Waals surface area (Å²) in [4.78, 5) is 14.0. The second-order valence-corrected chi connectivity index (χ2v) is 5.19. The van der Waals surface area contributed by atoms with Crippen LogP contribution >= 0.6 is 11.6 Å². The van der Waals surface area contributed by atoms with E-state index in [0.717, 1.165) is 5.56 Å². The molecule has 0 aliphatic carbocycles. The van der Waals surface area contributed by atoms with E-state index in [-0.39, 0.29) is 24.3 Å². The van der Waals surface area contributed by atoms with Crippen molar-refractivity contribution >= 4 is 17.5 Å². The number of carbonyl (C=O) groups excluding carboxylic acids is 1. The van der Waals surface area contributed by atoms with Crippen LogP contribution < -0.4 is 0 Å². The van der Waals surface area contributed by atoms with Crippen LogP contribution in [0.3, 0.4) is 0 Å². The summed E-state index contributed by atoms with van der Waals surface area (Å²) in [5, 5.41) is 9.83. The second kappa shape index (κ2) is 5.76. The number of furan rings is 1. The van der Waals surface area contributed by atoms with Crippen LogP contribution in [-0.2, 0) is 0 Å². The van der Waals surface area contributed by atoms with Crippen LogP contribution in [0.2, 0.25) is 5.02 Å². The molecule has 0 radical (unpaired) electrons. The molecule has 1 aromatic carbocycles. The SMILES string of the molecule is O=C(c1ccc(-c2ccccc2Cl)o1)N1CC=CC1CO. The summed E-state index contributed by atoms with van der Waals surface area (Å²) in [6.45, 7) is 0.381. The minimum absolute atomic E-state index is 0.0969. The zero-order valence-corrected chi connectivity index (χ0v) is 12.0. The monoisotopic (exact) mass is 303 g/mol. The van der Waals surface area contributed by atoms with Crippen molar-refractivity contribution in [2.75, 3.05) is 13.2 Å². The van der Waals surface area contributed by atoms with E-state index >= 15 is 0 Å². The Hall–Kier alpha value is -2.04. The van der Waals surface area contributed by atoms with Gasteiger partial charge in [0.15, 0.2) is 5.76 Å². The van der Waals surface area contributed by atoms with E-state index in [1.54, 1.807) is 23.1 Å².